The van der Waals surface area contributed by atoms with Gasteiger partial charge in [0.25, 0.3) is 5.56 Å². The number of H-pyrrole nitrogens is 1. The van der Waals surface area contributed by atoms with Crippen LogP contribution in [0.4, 0.5) is 5.69 Å². The largest absolute Gasteiger partial charge is 0.455 e. The summed E-state index contributed by atoms with van der Waals surface area (Å²) in [5.41, 5.74) is 4.35. The molecule has 6 nitrogen and oxygen atoms in total. The molecule has 0 aliphatic rings. The van der Waals surface area contributed by atoms with Crippen LogP contribution in [0.2, 0.25) is 5.02 Å². The van der Waals surface area contributed by atoms with Crippen molar-refractivity contribution in [2.24, 2.45) is 4.99 Å². The minimum absolute atomic E-state index is 0.193. The van der Waals surface area contributed by atoms with E-state index in [-0.39, 0.29) is 5.56 Å². The number of fused-ring (bicyclic) bond motifs is 1. The molecule has 0 saturated heterocycles. The van der Waals surface area contributed by atoms with Gasteiger partial charge in [-0.05, 0) is 67.9 Å². The summed E-state index contributed by atoms with van der Waals surface area (Å²) in [6.07, 6.45) is 0.520. The van der Waals surface area contributed by atoms with Crippen molar-refractivity contribution >= 4 is 56.3 Å². The van der Waals surface area contributed by atoms with E-state index in [1.165, 1.54) is 21.6 Å². The van der Waals surface area contributed by atoms with E-state index in [2.05, 4.69) is 36.3 Å². The molecule has 0 bridgehead atoms. The normalized spacial score (nSPS) is 11.7. The zero-order chi connectivity index (χ0) is 29.1. The second kappa shape index (κ2) is 12.4. The zero-order valence-electron chi connectivity index (χ0n) is 23.0. The van der Waals surface area contributed by atoms with Gasteiger partial charge in [0.2, 0.25) is 5.13 Å². The highest BCUT2D eigenvalue weighted by molar-refractivity contribution is 7.98. The molecule has 0 aliphatic carbocycles. The molecule has 4 aromatic carbocycles. The van der Waals surface area contributed by atoms with Crippen molar-refractivity contribution < 1.29 is 4.74 Å². The van der Waals surface area contributed by atoms with Crippen molar-refractivity contribution in [1.29, 1.82) is 0 Å². The van der Waals surface area contributed by atoms with Gasteiger partial charge in [-0.25, -0.2) is 9.98 Å². The van der Waals surface area contributed by atoms with Gasteiger partial charge in [-0.3, -0.25) is 9.89 Å². The average Bonchev–Trinajstić information content (AvgIpc) is 3.58. The highest BCUT2D eigenvalue weighted by atomic mass is 35.5. The SMILES string of the molecule is CCC(=Nc1cc(Cl)ccc1Oc1ccccc1)c1c(CSc2ccc(C)cc2)[nH]n(-c2nc3ccccc3s2)c1=O. The molecule has 0 saturated carbocycles. The quantitative estimate of drug-likeness (QED) is 0.131. The number of hydrogen-bond donors (Lipinski definition) is 1. The molecule has 2 aromatic heterocycles. The lowest BCUT2D eigenvalue weighted by Gasteiger charge is -2.11. The predicted octanol–water partition coefficient (Wildman–Crippen LogP) is 9.35. The number of nitrogens with one attached hydrogen (secondary N) is 1. The zero-order valence-corrected chi connectivity index (χ0v) is 25.4. The lowest BCUT2D eigenvalue weighted by Crippen LogP contribution is -2.20. The number of nitrogens with zero attached hydrogens (tertiary/aromatic N) is 3. The van der Waals surface area contributed by atoms with Gasteiger partial charge in [-0.15, -0.1) is 11.8 Å². The molecule has 0 fully saturated rings. The Bertz CT molecular complexity index is 1910. The third-order valence-electron chi connectivity index (χ3n) is 6.61. The topological polar surface area (TPSA) is 72.3 Å². The fourth-order valence-electron chi connectivity index (χ4n) is 4.50. The number of benzene rings is 4. The van der Waals surface area contributed by atoms with Gasteiger partial charge in [-0.2, -0.15) is 4.68 Å². The van der Waals surface area contributed by atoms with Crippen LogP contribution in [0, 0.1) is 6.92 Å². The third kappa shape index (κ3) is 6.06. The fourth-order valence-corrected chi connectivity index (χ4v) is 6.44. The third-order valence-corrected chi connectivity index (χ3v) is 8.91. The number of aromatic amines is 1. The Labute approximate surface area is 256 Å². The van der Waals surface area contributed by atoms with Crippen LogP contribution in [0.1, 0.15) is 30.2 Å². The van der Waals surface area contributed by atoms with E-state index in [1.54, 1.807) is 30.0 Å². The summed E-state index contributed by atoms with van der Waals surface area (Å²) in [4.78, 5) is 24.9. The van der Waals surface area contributed by atoms with Crippen molar-refractivity contribution in [2.75, 3.05) is 0 Å². The summed E-state index contributed by atoms with van der Waals surface area (Å²) < 4.78 is 8.71. The maximum absolute atomic E-state index is 14.1. The van der Waals surface area contributed by atoms with Gasteiger partial charge in [0.05, 0.1) is 27.2 Å². The Morgan fingerprint density at radius 1 is 1.02 bits per heavy atom. The Kier molecular flexibility index (Phi) is 8.28. The Balaban J connectivity index is 1.45. The van der Waals surface area contributed by atoms with Crippen LogP contribution < -0.4 is 10.3 Å². The van der Waals surface area contributed by atoms with Gasteiger partial charge in [-0.1, -0.05) is 77.9 Å². The summed E-state index contributed by atoms with van der Waals surface area (Å²) in [5, 5.41) is 4.48. The summed E-state index contributed by atoms with van der Waals surface area (Å²) in [5.74, 6) is 1.78. The number of para-hydroxylation sites is 2. The monoisotopic (exact) mass is 610 g/mol. The molecule has 6 aromatic rings. The Morgan fingerprint density at radius 2 is 1.79 bits per heavy atom. The first-order valence-electron chi connectivity index (χ1n) is 13.5. The number of aromatic nitrogens is 3. The molecule has 9 heteroatoms. The van der Waals surface area contributed by atoms with E-state index in [9.17, 15) is 4.79 Å². The number of aliphatic imine (C=N–C) groups is 1. The lowest BCUT2D eigenvalue weighted by atomic mass is 10.1. The van der Waals surface area contributed by atoms with E-state index in [0.29, 0.717) is 50.8 Å². The van der Waals surface area contributed by atoms with Gasteiger partial charge in [0, 0.05) is 15.7 Å². The Morgan fingerprint density at radius 3 is 2.55 bits per heavy atom. The van der Waals surface area contributed by atoms with Crippen LogP contribution in [0.25, 0.3) is 15.3 Å². The maximum Gasteiger partial charge on any atom is 0.282 e. The average molecular weight is 611 g/mol. The molecule has 1 N–H and O–H groups in total. The second-order valence-corrected chi connectivity index (χ2v) is 12.1. The number of ether oxygens (including phenoxy) is 1. The Hall–Kier alpha value is -4.11. The predicted molar refractivity (Wildman–Crippen MR) is 175 cm³/mol. The molecule has 0 spiro atoms. The smallest absolute Gasteiger partial charge is 0.282 e. The highest BCUT2D eigenvalue weighted by Crippen LogP contribution is 2.35. The van der Waals surface area contributed by atoms with Crippen molar-refractivity contribution in [2.45, 2.75) is 30.9 Å². The first kappa shape index (κ1) is 28.0. The van der Waals surface area contributed by atoms with E-state index in [4.69, 9.17) is 26.3 Å². The number of thioether (sulfide) groups is 1. The summed E-state index contributed by atoms with van der Waals surface area (Å²) >= 11 is 9.53. The van der Waals surface area contributed by atoms with Crippen molar-refractivity contribution in [1.82, 2.24) is 14.8 Å². The number of rotatable bonds is 9. The van der Waals surface area contributed by atoms with E-state index < -0.39 is 0 Å². The minimum Gasteiger partial charge on any atom is -0.455 e. The van der Waals surface area contributed by atoms with Gasteiger partial charge in [0.15, 0.2) is 5.75 Å². The van der Waals surface area contributed by atoms with Crippen molar-refractivity contribution in [3.8, 4) is 16.6 Å². The molecule has 210 valence electrons. The molecule has 2 heterocycles. The first-order chi connectivity index (χ1) is 20.5. The minimum atomic E-state index is -0.193. The molecule has 0 amide bonds. The molecular formula is C33H27ClN4O2S2. The summed E-state index contributed by atoms with van der Waals surface area (Å²) in [6, 6.07) is 31.1. The van der Waals surface area contributed by atoms with Crippen LogP contribution in [0.5, 0.6) is 11.5 Å². The highest BCUT2D eigenvalue weighted by Gasteiger charge is 2.22. The van der Waals surface area contributed by atoms with E-state index >= 15 is 0 Å². The molecule has 0 aliphatic heterocycles. The van der Waals surface area contributed by atoms with Gasteiger partial charge in [0.1, 0.15) is 11.4 Å². The van der Waals surface area contributed by atoms with Crippen LogP contribution in [0.15, 0.2) is 112 Å². The number of thiazole rings is 1. The van der Waals surface area contributed by atoms with Gasteiger partial charge < -0.3 is 4.74 Å². The van der Waals surface area contributed by atoms with Crippen molar-refractivity contribution in [3.05, 3.63) is 129 Å². The fraction of sp³-hybridized carbons (Fsp3) is 0.121. The molecule has 6 rings (SSSR count). The number of hydrogen-bond acceptors (Lipinski definition) is 6. The standard InChI is InChI=1S/C33H27ClN4O2S2/c1-3-25(35-27-19-22(34)15-18-29(27)40-23-9-5-4-6-10-23)31-28(20-41-24-16-13-21(2)14-17-24)37-38(32(31)39)33-36-26-11-7-8-12-30(26)42-33/h4-19,37H,3,20H2,1-2H3. The van der Waals surface area contributed by atoms with Crippen LogP contribution in [-0.4, -0.2) is 20.5 Å². The van der Waals surface area contributed by atoms with E-state index in [1.807, 2.05) is 61.5 Å². The van der Waals surface area contributed by atoms with Crippen molar-refractivity contribution in [3.63, 3.8) is 0 Å². The van der Waals surface area contributed by atoms with Crippen LogP contribution in [-0.2, 0) is 5.75 Å². The van der Waals surface area contributed by atoms with Crippen LogP contribution in [0.3, 0.4) is 0 Å². The molecule has 0 atom stereocenters. The van der Waals surface area contributed by atoms with Gasteiger partial charge >= 0.3 is 0 Å². The maximum atomic E-state index is 14.1. The van der Waals surface area contributed by atoms with Crippen LogP contribution >= 0.6 is 34.7 Å². The molecule has 42 heavy (non-hydrogen) atoms. The van der Waals surface area contributed by atoms with E-state index in [0.717, 1.165) is 20.8 Å². The summed E-state index contributed by atoms with van der Waals surface area (Å²) in [7, 11) is 0. The first-order valence-corrected chi connectivity index (χ1v) is 15.7. The number of aryl methyl sites for hydroxylation is 1. The molecule has 0 unspecified atom stereocenters. The second-order valence-electron chi connectivity index (χ2n) is 9.61. The lowest BCUT2D eigenvalue weighted by molar-refractivity contribution is 0.484. The summed E-state index contributed by atoms with van der Waals surface area (Å²) in [6.45, 7) is 4.06. The molecular weight excluding hydrogens is 584 g/mol. The molecule has 0 radical (unpaired) electrons. The number of halogens is 1.